The van der Waals surface area contributed by atoms with E-state index in [1.54, 1.807) is 11.3 Å². The lowest BCUT2D eigenvalue weighted by atomic mass is 9.95. The molecule has 134 valence electrons. The number of imidazole rings is 1. The van der Waals surface area contributed by atoms with Crippen LogP contribution in [0.1, 0.15) is 36.9 Å². The number of piperidine rings is 1. The van der Waals surface area contributed by atoms with Gasteiger partial charge >= 0.3 is 0 Å². The fourth-order valence-corrected chi connectivity index (χ4v) is 4.96. The van der Waals surface area contributed by atoms with Crippen LogP contribution >= 0.6 is 11.3 Å². The lowest BCUT2D eigenvalue weighted by molar-refractivity contribution is 0.454. The van der Waals surface area contributed by atoms with Gasteiger partial charge in [-0.05, 0) is 55.6 Å². The zero-order chi connectivity index (χ0) is 17.7. The molecule has 1 aromatic carbocycles. The molecule has 1 aliphatic rings. The molecule has 0 spiro atoms. The summed E-state index contributed by atoms with van der Waals surface area (Å²) < 4.78 is 4.11. The normalized spacial score (nSPS) is 16.1. The summed E-state index contributed by atoms with van der Waals surface area (Å²) in [4.78, 5) is 7.29. The fourth-order valence-electron chi connectivity index (χ4n) is 4.00. The van der Waals surface area contributed by atoms with Crippen molar-refractivity contribution >= 4 is 27.2 Å². The van der Waals surface area contributed by atoms with Crippen molar-refractivity contribution in [3.8, 4) is 10.4 Å². The predicted molar refractivity (Wildman–Crippen MR) is 107 cm³/mol. The van der Waals surface area contributed by atoms with Crippen molar-refractivity contribution in [1.82, 2.24) is 24.5 Å². The molecule has 5 nitrogen and oxygen atoms in total. The molecule has 26 heavy (non-hydrogen) atoms. The number of aryl methyl sites for hydroxylation is 2. The average Bonchev–Trinajstić information content (AvgIpc) is 3.33. The number of aromatic nitrogens is 4. The highest BCUT2D eigenvalue weighted by atomic mass is 32.1. The molecule has 1 N–H and O–H groups in total. The van der Waals surface area contributed by atoms with Gasteiger partial charge in [-0.15, -0.1) is 0 Å². The van der Waals surface area contributed by atoms with Crippen LogP contribution in [-0.4, -0.2) is 32.3 Å². The highest BCUT2D eigenvalue weighted by Crippen LogP contribution is 2.34. The Morgan fingerprint density at radius 2 is 2.04 bits per heavy atom. The molecule has 1 fully saturated rings. The van der Waals surface area contributed by atoms with Gasteiger partial charge in [0.2, 0.25) is 0 Å². The molecule has 0 bridgehead atoms. The lowest BCUT2D eigenvalue weighted by Crippen LogP contribution is -2.26. The molecule has 1 saturated heterocycles. The van der Waals surface area contributed by atoms with Crippen LogP contribution in [0.4, 0.5) is 0 Å². The molecule has 5 rings (SSSR count). The minimum Gasteiger partial charge on any atom is -0.317 e. The van der Waals surface area contributed by atoms with E-state index in [1.165, 1.54) is 39.9 Å². The van der Waals surface area contributed by atoms with Crippen LogP contribution in [0.3, 0.4) is 0 Å². The molecule has 4 heterocycles. The maximum Gasteiger partial charge on any atom is 0.194 e. The summed E-state index contributed by atoms with van der Waals surface area (Å²) in [6, 6.07) is 4.54. The van der Waals surface area contributed by atoms with E-state index >= 15 is 0 Å². The molecule has 0 aliphatic carbocycles. The van der Waals surface area contributed by atoms with Crippen LogP contribution < -0.4 is 5.32 Å². The fraction of sp³-hybridized carbons (Fsp3) is 0.400. The Balaban J connectivity index is 1.54. The first kappa shape index (κ1) is 16.0. The maximum absolute atomic E-state index is 4.93. The molecule has 4 aromatic rings. The summed E-state index contributed by atoms with van der Waals surface area (Å²) in [5.41, 5.74) is 4.94. The van der Waals surface area contributed by atoms with Crippen molar-refractivity contribution in [3.05, 3.63) is 42.0 Å². The van der Waals surface area contributed by atoms with Crippen LogP contribution in [0.5, 0.6) is 0 Å². The van der Waals surface area contributed by atoms with Gasteiger partial charge in [-0.25, -0.2) is 4.98 Å². The van der Waals surface area contributed by atoms with E-state index < -0.39 is 0 Å². The third kappa shape index (κ3) is 2.64. The zero-order valence-electron chi connectivity index (χ0n) is 15.2. The van der Waals surface area contributed by atoms with Crippen LogP contribution in [0.2, 0.25) is 0 Å². The van der Waals surface area contributed by atoms with Crippen LogP contribution in [-0.2, 0) is 13.5 Å². The smallest absolute Gasteiger partial charge is 0.194 e. The molecular weight excluding hydrogens is 342 g/mol. The Labute approximate surface area is 156 Å². The Morgan fingerprint density at radius 1 is 1.19 bits per heavy atom. The number of benzene rings is 1. The van der Waals surface area contributed by atoms with E-state index in [0.717, 1.165) is 30.0 Å². The summed E-state index contributed by atoms with van der Waals surface area (Å²) in [7, 11) is 1.99. The van der Waals surface area contributed by atoms with Crippen LogP contribution in [0, 0.1) is 0 Å². The summed E-state index contributed by atoms with van der Waals surface area (Å²) in [5.74, 6) is 0.602. The Kier molecular flexibility index (Phi) is 3.83. The first-order valence-corrected chi connectivity index (χ1v) is 10.2. The summed E-state index contributed by atoms with van der Waals surface area (Å²) in [5, 5.41) is 9.25. The van der Waals surface area contributed by atoms with Gasteiger partial charge in [0.15, 0.2) is 4.96 Å². The number of nitrogens with zero attached hydrogens (tertiary/aromatic N) is 4. The maximum atomic E-state index is 4.93. The van der Waals surface area contributed by atoms with E-state index in [2.05, 4.69) is 52.5 Å². The van der Waals surface area contributed by atoms with E-state index in [4.69, 9.17) is 4.98 Å². The molecule has 6 heteroatoms. The summed E-state index contributed by atoms with van der Waals surface area (Å²) >= 11 is 1.78. The average molecular weight is 366 g/mol. The number of rotatable bonds is 3. The molecule has 3 aromatic heterocycles. The Morgan fingerprint density at radius 3 is 2.81 bits per heavy atom. The first-order chi connectivity index (χ1) is 12.7. The minimum absolute atomic E-state index is 0.602. The van der Waals surface area contributed by atoms with Gasteiger partial charge in [0.25, 0.3) is 0 Å². The van der Waals surface area contributed by atoms with Crippen molar-refractivity contribution in [2.24, 2.45) is 7.05 Å². The zero-order valence-corrected chi connectivity index (χ0v) is 16.0. The largest absolute Gasteiger partial charge is 0.317 e. The number of hydrogen-bond donors (Lipinski definition) is 1. The molecule has 0 unspecified atom stereocenters. The van der Waals surface area contributed by atoms with E-state index in [1.807, 2.05) is 11.7 Å². The number of nitrogens with one attached hydrogen (secondary N) is 1. The van der Waals surface area contributed by atoms with Crippen molar-refractivity contribution in [2.75, 3.05) is 13.1 Å². The highest BCUT2D eigenvalue weighted by Gasteiger charge is 2.19. The molecule has 0 amide bonds. The van der Waals surface area contributed by atoms with Gasteiger partial charge in [0.1, 0.15) is 0 Å². The second kappa shape index (κ2) is 6.21. The van der Waals surface area contributed by atoms with Gasteiger partial charge in [0.05, 0.1) is 16.1 Å². The number of fused-ring (bicyclic) bond motifs is 2. The molecular formula is C20H23N5S. The predicted octanol–water partition coefficient (Wildman–Crippen LogP) is 3.98. The second-order valence-corrected chi connectivity index (χ2v) is 8.21. The van der Waals surface area contributed by atoms with Gasteiger partial charge in [-0.2, -0.15) is 5.10 Å². The van der Waals surface area contributed by atoms with E-state index in [0.29, 0.717) is 5.92 Å². The quantitative estimate of drug-likeness (QED) is 0.597. The topological polar surface area (TPSA) is 47.1 Å². The van der Waals surface area contributed by atoms with Crippen molar-refractivity contribution in [2.45, 2.75) is 32.1 Å². The standard InChI is InChI=1S/C20H23N5S/c1-3-13-8-15(9-16-10-24(2)23-19(13)16)18-12-25-11-17(22-20(25)26-18)14-4-6-21-7-5-14/h8-12,14,21H,3-7H2,1-2H3. The number of thiazole rings is 1. The van der Waals surface area contributed by atoms with Crippen molar-refractivity contribution in [3.63, 3.8) is 0 Å². The summed E-state index contributed by atoms with van der Waals surface area (Å²) in [6.07, 6.45) is 9.93. The van der Waals surface area contributed by atoms with Crippen LogP contribution in [0.25, 0.3) is 26.3 Å². The third-order valence-electron chi connectivity index (χ3n) is 5.40. The molecule has 0 radical (unpaired) electrons. The van der Waals surface area contributed by atoms with Crippen molar-refractivity contribution < 1.29 is 0 Å². The monoisotopic (exact) mass is 365 g/mol. The first-order valence-electron chi connectivity index (χ1n) is 9.37. The second-order valence-electron chi connectivity index (χ2n) is 7.20. The van der Waals surface area contributed by atoms with Crippen LogP contribution in [0.15, 0.2) is 30.7 Å². The minimum atomic E-state index is 0.602. The molecule has 0 saturated carbocycles. The van der Waals surface area contributed by atoms with E-state index in [9.17, 15) is 0 Å². The van der Waals surface area contributed by atoms with E-state index in [-0.39, 0.29) is 0 Å². The van der Waals surface area contributed by atoms with Gasteiger partial charge in [-0.1, -0.05) is 18.3 Å². The van der Waals surface area contributed by atoms with Gasteiger partial charge < -0.3 is 5.32 Å². The van der Waals surface area contributed by atoms with Crippen molar-refractivity contribution in [1.29, 1.82) is 0 Å². The van der Waals surface area contributed by atoms with Gasteiger partial charge in [0, 0.05) is 36.9 Å². The Bertz CT molecular complexity index is 1050. The third-order valence-corrected chi connectivity index (χ3v) is 6.45. The summed E-state index contributed by atoms with van der Waals surface area (Å²) in [6.45, 7) is 4.40. The lowest BCUT2D eigenvalue weighted by Gasteiger charge is -2.20. The molecule has 0 atom stereocenters. The number of hydrogen-bond acceptors (Lipinski definition) is 4. The Hall–Kier alpha value is -2.18. The van der Waals surface area contributed by atoms with Gasteiger partial charge in [-0.3, -0.25) is 9.08 Å². The highest BCUT2D eigenvalue weighted by molar-refractivity contribution is 7.20. The molecule has 1 aliphatic heterocycles. The SMILES string of the molecule is CCc1cc(-c2cn3cc(C4CCNCC4)nc3s2)cc2cn(C)nc12.